The number of ketones is 1. The van der Waals surface area contributed by atoms with Gasteiger partial charge in [0.25, 0.3) is 11.7 Å². The molecular formula is C15H10BrFN2O2. The molecule has 0 aliphatic carbocycles. The molecule has 1 aliphatic heterocycles. The van der Waals surface area contributed by atoms with Crippen molar-refractivity contribution in [3.05, 3.63) is 57.6 Å². The van der Waals surface area contributed by atoms with E-state index in [1.165, 1.54) is 12.1 Å². The van der Waals surface area contributed by atoms with Crippen LogP contribution in [-0.2, 0) is 11.3 Å². The number of nitrogens with zero attached hydrogens (tertiary/aromatic N) is 2. The Hall–Kier alpha value is -2.08. The normalized spacial score (nSPS) is 13.8. The largest absolute Gasteiger partial charge is 0.299 e. The lowest BCUT2D eigenvalue weighted by molar-refractivity contribution is -0.114. The van der Waals surface area contributed by atoms with Gasteiger partial charge in [0.2, 0.25) is 0 Å². The molecule has 0 atom stereocenters. The summed E-state index contributed by atoms with van der Waals surface area (Å²) in [7, 11) is 0. The number of anilines is 1. The van der Waals surface area contributed by atoms with Gasteiger partial charge >= 0.3 is 0 Å². The number of aromatic nitrogens is 1. The first-order chi connectivity index (χ1) is 9.97. The molecule has 0 saturated heterocycles. The van der Waals surface area contributed by atoms with Gasteiger partial charge < -0.3 is 0 Å². The van der Waals surface area contributed by atoms with E-state index in [-0.39, 0.29) is 17.8 Å². The first-order valence-corrected chi connectivity index (χ1v) is 7.03. The number of hydrogen-bond donors (Lipinski definition) is 0. The average molecular weight is 349 g/mol. The van der Waals surface area contributed by atoms with E-state index in [0.717, 1.165) is 9.37 Å². The van der Waals surface area contributed by atoms with Crippen molar-refractivity contribution >= 4 is 33.3 Å². The number of hydrogen-bond acceptors (Lipinski definition) is 3. The lowest BCUT2D eigenvalue weighted by atomic mass is 10.1. The van der Waals surface area contributed by atoms with E-state index < -0.39 is 17.5 Å². The summed E-state index contributed by atoms with van der Waals surface area (Å²) in [5, 5.41) is 0. The molecule has 1 aliphatic rings. The second-order valence-corrected chi connectivity index (χ2v) is 5.75. The van der Waals surface area contributed by atoms with Gasteiger partial charge in [-0.2, -0.15) is 0 Å². The Kier molecular flexibility index (Phi) is 3.33. The summed E-state index contributed by atoms with van der Waals surface area (Å²) in [5.74, 6) is -1.97. The van der Waals surface area contributed by atoms with Gasteiger partial charge in [-0.15, -0.1) is 0 Å². The monoisotopic (exact) mass is 348 g/mol. The number of halogens is 2. The number of fused-ring (bicyclic) bond motifs is 1. The molecule has 2 aromatic rings. The number of benzene rings is 1. The van der Waals surface area contributed by atoms with Crippen LogP contribution in [0.2, 0.25) is 0 Å². The summed E-state index contributed by atoms with van der Waals surface area (Å²) in [6.45, 7) is 1.74. The van der Waals surface area contributed by atoms with Crippen LogP contribution in [0.25, 0.3) is 0 Å². The van der Waals surface area contributed by atoms with Gasteiger partial charge in [-0.05, 0) is 52.7 Å². The van der Waals surface area contributed by atoms with Crippen LogP contribution < -0.4 is 4.90 Å². The van der Waals surface area contributed by atoms with Crippen molar-refractivity contribution in [3.63, 3.8) is 0 Å². The predicted molar refractivity (Wildman–Crippen MR) is 78.6 cm³/mol. The molecule has 0 bridgehead atoms. The zero-order valence-electron chi connectivity index (χ0n) is 11.1. The Bertz CT molecular complexity index is 759. The smallest absolute Gasteiger partial charge is 0.296 e. The lowest BCUT2D eigenvalue weighted by Crippen LogP contribution is -2.29. The molecule has 0 unspecified atom stereocenters. The number of carbonyl (C=O) groups excluding carboxylic acids is 2. The average Bonchev–Trinajstić information content (AvgIpc) is 2.67. The van der Waals surface area contributed by atoms with Gasteiger partial charge in [-0.3, -0.25) is 19.5 Å². The van der Waals surface area contributed by atoms with Crippen LogP contribution in [0.5, 0.6) is 0 Å². The summed E-state index contributed by atoms with van der Waals surface area (Å²) in [6.07, 6.45) is 1.59. The van der Waals surface area contributed by atoms with Crippen LogP contribution in [0.1, 0.15) is 21.6 Å². The molecule has 21 heavy (non-hydrogen) atoms. The standard InChI is InChI=1S/C15H10BrFN2O2/c1-8-4-11-13(12(17)5-8)19(15(21)14(11)20)7-10-3-2-9(16)6-18-10/h2-6H,7H2,1H3. The molecule has 1 aromatic heterocycles. The minimum absolute atomic E-state index is 0.0420. The topological polar surface area (TPSA) is 50.3 Å². The minimum atomic E-state index is -0.723. The Balaban J connectivity index is 2.03. The summed E-state index contributed by atoms with van der Waals surface area (Å²) in [4.78, 5) is 29.3. The van der Waals surface area contributed by atoms with Gasteiger partial charge in [0.15, 0.2) is 0 Å². The number of Topliss-reactive ketones (excluding diaryl/α,β-unsaturated/α-hetero) is 1. The van der Waals surface area contributed by atoms with Crippen molar-refractivity contribution < 1.29 is 14.0 Å². The summed E-state index contributed by atoms with van der Waals surface area (Å²) >= 11 is 3.27. The van der Waals surface area contributed by atoms with Crippen LogP contribution in [0, 0.1) is 12.7 Å². The van der Waals surface area contributed by atoms with Gasteiger partial charge in [0.1, 0.15) is 5.82 Å². The van der Waals surface area contributed by atoms with Crippen molar-refractivity contribution in [2.24, 2.45) is 0 Å². The summed E-state index contributed by atoms with van der Waals surface area (Å²) in [5.41, 5.74) is 1.35. The van der Waals surface area contributed by atoms with Crippen LogP contribution in [-0.4, -0.2) is 16.7 Å². The number of amides is 1. The highest BCUT2D eigenvalue weighted by Gasteiger charge is 2.38. The minimum Gasteiger partial charge on any atom is -0.296 e. The van der Waals surface area contributed by atoms with Crippen molar-refractivity contribution in [2.45, 2.75) is 13.5 Å². The maximum absolute atomic E-state index is 14.1. The molecule has 0 radical (unpaired) electrons. The second kappa shape index (κ2) is 5.04. The maximum atomic E-state index is 14.1. The molecule has 0 saturated carbocycles. The van der Waals surface area contributed by atoms with E-state index in [1.54, 1.807) is 25.3 Å². The number of pyridine rings is 1. The fraction of sp³-hybridized carbons (Fsp3) is 0.133. The van der Waals surface area contributed by atoms with Crippen LogP contribution >= 0.6 is 15.9 Å². The van der Waals surface area contributed by atoms with Crippen molar-refractivity contribution in [1.29, 1.82) is 0 Å². The second-order valence-electron chi connectivity index (χ2n) is 4.83. The van der Waals surface area contributed by atoms with E-state index in [0.29, 0.717) is 11.3 Å². The molecule has 0 N–H and O–H groups in total. The quantitative estimate of drug-likeness (QED) is 0.784. The number of carbonyl (C=O) groups is 2. The Morgan fingerprint density at radius 3 is 2.71 bits per heavy atom. The Morgan fingerprint density at radius 1 is 1.29 bits per heavy atom. The van der Waals surface area contributed by atoms with Gasteiger partial charge in [0, 0.05) is 10.7 Å². The highest BCUT2D eigenvalue weighted by atomic mass is 79.9. The fourth-order valence-electron chi connectivity index (χ4n) is 2.33. The molecule has 1 aromatic carbocycles. The van der Waals surface area contributed by atoms with E-state index in [2.05, 4.69) is 20.9 Å². The van der Waals surface area contributed by atoms with E-state index >= 15 is 0 Å². The maximum Gasteiger partial charge on any atom is 0.299 e. The van der Waals surface area contributed by atoms with Crippen LogP contribution in [0.15, 0.2) is 34.9 Å². The van der Waals surface area contributed by atoms with Crippen molar-refractivity contribution in [3.8, 4) is 0 Å². The van der Waals surface area contributed by atoms with E-state index in [1.807, 2.05) is 0 Å². The molecular weight excluding hydrogens is 339 g/mol. The molecule has 2 heterocycles. The third kappa shape index (κ3) is 2.35. The first kappa shape index (κ1) is 13.9. The highest BCUT2D eigenvalue weighted by Crippen LogP contribution is 2.33. The molecule has 6 heteroatoms. The zero-order valence-corrected chi connectivity index (χ0v) is 12.6. The van der Waals surface area contributed by atoms with Gasteiger partial charge in [0.05, 0.1) is 23.5 Å². The highest BCUT2D eigenvalue weighted by molar-refractivity contribution is 9.10. The van der Waals surface area contributed by atoms with Gasteiger partial charge in [-0.25, -0.2) is 4.39 Å². The predicted octanol–water partition coefficient (Wildman–Crippen LogP) is 3.02. The number of aryl methyl sites for hydroxylation is 1. The molecule has 4 nitrogen and oxygen atoms in total. The van der Waals surface area contributed by atoms with Crippen LogP contribution in [0.3, 0.4) is 0 Å². The van der Waals surface area contributed by atoms with E-state index in [4.69, 9.17) is 0 Å². The first-order valence-electron chi connectivity index (χ1n) is 6.24. The molecule has 1 amide bonds. The van der Waals surface area contributed by atoms with Crippen molar-refractivity contribution in [2.75, 3.05) is 4.90 Å². The summed E-state index contributed by atoms with van der Waals surface area (Å²) < 4.78 is 14.9. The lowest BCUT2D eigenvalue weighted by Gasteiger charge is -2.16. The van der Waals surface area contributed by atoms with Crippen LogP contribution in [0.4, 0.5) is 10.1 Å². The fourth-order valence-corrected chi connectivity index (χ4v) is 2.57. The van der Waals surface area contributed by atoms with Gasteiger partial charge in [-0.1, -0.05) is 0 Å². The molecule has 106 valence electrons. The van der Waals surface area contributed by atoms with E-state index in [9.17, 15) is 14.0 Å². The molecule has 0 spiro atoms. The molecule has 3 rings (SSSR count). The zero-order chi connectivity index (χ0) is 15.1. The van der Waals surface area contributed by atoms with Crippen molar-refractivity contribution in [1.82, 2.24) is 4.98 Å². The Morgan fingerprint density at radius 2 is 2.05 bits per heavy atom. The summed E-state index contributed by atoms with van der Waals surface area (Å²) in [6, 6.07) is 6.34. The third-order valence-electron chi connectivity index (χ3n) is 3.27. The molecule has 0 fully saturated rings. The SMILES string of the molecule is Cc1cc(F)c2c(c1)C(=O)C(=O)N2Cc1ccc(Br)cn1. The Labute approximate surface area is 128 Å². The number of rotatable bonds is 2. The third-order valence-corrected chi connectivity index (χ3v) is 3.74.